The zero-order valence-corrected chi connectivity index (χ0v) is 31.1. The molecule has 2 aromatic carbocycles. The summed E-state index contributed by atoms with van der Waals surface area (Å²) in [6.07, 6.45) is 11.2. The van der Waals surface area contributed by atoms with Gasteiger partial charge in [0.2, 0.25) is 5.91 Å². The smallest absolute Gasteiger partial charge is 0.356 e. The molecule has 0 unspecified atom stereocenters. The standard InChI is InChI=1S/C39H49N2O4PS2/c1-4-7-22-46(23-8-5-2,24-9-6-3)27-31-28-48-38-34(40-33(42)26-32-21-16-25-47-32)37(43)41(38)35(31)39(44)45-36(29-17-12-10-13-18-29)30-19-14-11-15-20-30/h10-21,25,34,36,38H,4-9,22-24,26-28H2,1-3H3/p+1/t34-,38-/m1/s1. The molecule has 0 spiro atoms. The highest BCUT2D eigenvalue weighted by Crippen LogP contribution is 2.63. The van der Waals surface area contributed by atoms with Crippen molar-refractivity contribution in [1.82, 2.24) is 10.2 Å². The minimum absolute atomic E-state index is 0.174. The first-order valence-electron chi connectivity index (χ1n) is 17.5. The molecule has 6 nitrogen and oxygen atoms in total. The molecule has 3 heterocycles. The third kappa shape index (κ3) is 8.80. The Hall–Kier alpha value is -2.93. The minimum Gasteiger partial charge on any atom is -0.448 e. The van der Waals surface area contributed by atoms with Gasteiger partial charge >= 0.3 is 5.97 Å². The minimum atomic E-state index is -1.44. The first-order chi connectivity index (χ1) is 23.4. The summed E-state index contributed by atoms with van der Waals surface area (Å²) in [5.74, 6) is -0.202. The Kier molecular flexibility index (Phi) is 13.4. The van der Waals surface area contributed by atoms with Crippen LogP contribution in [0.5, 0.6) is 0 Å². The van der Waals surface area contributed by atoms with Gasteiger partial charge in [-0.15, -0.1) is 23.1 Å². The molecule has 5 rings (SSSR count). The van der Waals surface area contributed by atoms with Crippen LogP contribution in [0.2, 0.25) is 0 Å². The van der Waals surface area contributed by atoms with E-state index in [4.69, 9.17) is 4.74 Å². The van der Waals surface area contributed by atoms with Crippen molar-refractivity contribution in [2.45, 2.75) is 83.2 Å². The number of hydrogen-bond donors (Lipinski definition) is 1. The molecule has 2 aliphatic heterocycles. The maximum atomic E-state index is 14.6. The number of amides is 2. The molecule has 48 heavy (non-hydrogen) atoms. The number of esters is 1. The van der Waals surface area contributed by atoms with Crippen molar-refractivity contribution in [1.29, 1.82) is 0 Å². The number of thiophene rings is 1. The second kappa shape index (κ2) is 17.6. The lowest BCUT2D eigenvalue weighted by Crippen LogP contribution is -2.70. The maximum Gasteiger partial charge on any atom is 0.356 e. The first-order valence-corrected chi connectivity index (χ1v) is 22.0. The van der Waals surface area contributed by atoms with E-state index in [0.717, 1.165) is 47.0 Å². The van der Waals surface area contributed by atoms with Crippen LogP contribution in [0.3, 0.4) is 0 Å². The summed E-state index contributed by atoms with van der Waals surface area (Å²) in [6, 6.07) is 22.8. The van der Waals surface area contributed by atoms with Crippen LogP contribution in [-0.2, 0) is 25.5 Å². The van der Waals surface area contributed by atoms with Gasteiger partial charge in [-0.1, -0.05) is 107 Å². The number of carbonyl (C=O) groups is 3. The van der Waals surface area contributed by atoms with Crippen LogP contribution in [0, 0.1) is 0 Å². The van der Waals surface area contributed by atoms with Crippen LogP contribution >= 0.6 is 30.4 Å². The first kappa shape index (κ1) is 36.4. The monoisotopic (exact) mass is 705 g/mol. The average molecular weight is 706 g/mol. The van der Waals surface area contributed by atoms with Crippen LogP contribution in [0.4, 0.5) is 0 Å². The van der Waals surface area contributed by atoms with E-state index in [1.165, 1.54) is 49.1 Å². The number of nitrogens with zero attached hydrogens (tertiary/aromatic N) is 1. The van der Waals surface area contributed by atoms with Crippen molar-refractivity contribution >= 4 is 48.1 Å². The summed E-state index contributed by atoms with van der Waals surface area (Å²) in [7, 11) is -1.44. The number of fused-ring (bicyclic) bond motifs is 1. The van der Waals surface area contributed by atoms with E-state index < -0.39 is 25.4 Å². The van der Waals surface area contributed by atoms with Crippen LogP contribution in [-0.4, -0.2) is 64.5 Å². The Morgan fingerprint density at radius 1 is 0.875 bits per heavy atom. The van der Waals surface area contributed by atoms with Crippen LogP contribution in [0.1, 0.15) is 81.4 Å². The molecule has 0 radical (unpaired) electrons. The molecular formula is C39H50N2O4PS2+. The fourth-order valence-corrected chi connectivity index (χ4v) is 14.2. The van der Waals surface area contributed by atoms with Gasteiger partial charge in [-0.2, -0.15) is 0 Å². The Morgan fingerprint density at radius 2 is 1.46 bits per heavy atom. The number of thioether (sulfide) groups is 1. The fraction of sp³-hybridized carbons (Fsp3) is 0.462. The molecule has 1 aromatic heterocycles. The van der Waals surface area contributed by atoms with Crippen LogP contribution in [0.15, 0.2) is 89.4 Å². The third-order valence-corrected chi connectivity index (χ3v) is 16.4. The topological polar surface area (TPSA) is 75.7 Å². The Morgan fingerprint density at radius 3 is 1.98 bits per heavy atom. The Bertz CT molecular complexity index is 1470. The van der Waals surface area contributed by atoms with E-state index in [9.17, 15) is 14.4 Å². The molecular weight excluding hydrogens is 656 g/mol. The Balaban J connectivity index is 1.50. The molecule has 1 N–H and O–H groups in total. The van der Waals surface area contributed by atoms with Crippen molar-refractivity contribution in [3.63, 3.8) is 0 Å². The van der Waals surface area contributed by atoms with Crippen molar-refractivity contribution in [2.75, 3.05) is 30.4 Å². The number of hydrogen-bond acceptors (Lipinski definition) is 6. The summed E-state index contributed by atoms with van der Waals surface area (Å²) in [4.78, 5) is 44.2. The zero-order chi connectivity index (χ0) is 33.9. The van der Waals surface area contributed by atoms with Crippen LogP contribution < -0.4 is 5.32 Å². The van der Waals surface area contributed by atoms with Crippen molar-refractivity contribution < 1.29 is 19.1 Å². The van der Waals surface area contributed by atoms with Crippen molar-refractivity contribution in [2.24, 2.45) is 0 Å². The molecule has 1 saturated heterocycles. The van der Waals surface area contributed by atoms with E-state index in [1.54, 1.807) is 16.7 Å². The van der Waals surface area contributed by atoms with E-state index in [2.05, 4.69) is 26.1 Å². The van der Waals surface area contributed by atoms with Crippen molar-refractivity contribution in [3.8, 4) is 0 Å². The molecule has 256 valence electrons. The molecule has 1 fully saturated rings. The second-order valence-corrected chi connectivity index (χ2v) is 19.5. The highest BCUT2D eigenvalue weighted by Gasteiger charge is 2.55. The molecule has 0 saturated carbocycles. The van der Waals surface area contributed by atoms with E-state index >= 15 is 0 Å². The molecule has 9 heteroatoms. The van der Waals surface area contributed by atoms with Gasteiger partial charge in [0.05, 0.1) is 31.1 Å². The fourth-order valence-electron chi connectivity index (χ4n) is 6.79. The number of unbranched alkanes of at least 4 members (excludes halogenated alkanes) is 3. The maximum absolute atomic E-state index is 14.6. The number of benzene rings is 2. The van der Waals surface area contributed by atoms with E-state index in [-0.39, 0.29) is 23.6 Å². The van der Waals surface area contributed by atoms with E-state index in [0.29, 0.717) is 11.4 Å². The SMILES string of the molecule is CCCC[P+](CCCC)(CCCC)CC1=C(C(=O)OC(c2ccccc2)c2ccccc2)N2C(=O)[C@@H](NC(=O)Cc3cccs3)[C@H]2SC1. The second-order valence-electron chi connectivity index (χ2n) is 13.0. The highest BCUT2D eigenvalue weighted by atomic mass is 32.2. The van der Waals surface area contributed by atoms with Gasteiger partial charge in [0, 0.05) is 23.5 Å². The van der Waals surface area contributed by atoms with Gasteiger partial charge in [0.1, 0.15) is 17.1 Å². The lowest BCUT2D eigenvalue weighted by molar-refractivity contribution is -0.154. The molecule has 0 bridgehead atoms. The lowest BCUT2D eigenvalue weighted by Gasteiger charge is -2.50. The zero-order valence-electron chi connectivity index (χ0n) is 28.6. The normalized spacial score (nSPS) is 17.7. The predicted molar refractivity (Wildman–Crippen MR) is 202 cm³/mol. The molecule has 3 aromatic rings. The number of rotatable bonds is 18. The summed E-state index contributed by atoms with van der Waals surface area (Å²) in [6.45, 7) is 6.78. The number of ether oxygens (including phenoxy) is 1. The molecule has 2 amide bonds. The summed E-state index contributed by atoms with van der Waals surface area (Å²) in [5, 5.41) is 4.60. The molecule has 0 aliphatic carbocycles. The third-order valence-electron chi connectivity index (χ3n) is 9.39. The number of nitrogens with one attached hydrogen (secondary N) is 1. The molecule has 2 aliphatic rings. The summed E-state index contributed by atoms with van der Waals surface area (Å²) < 4.78 is 6.46. The van der Waals surface area contributed by atoms with Gasteiger partial charge in [-0.3, -0.25) is 14.5 Å². The van der Waals surface area contributed by atoms with E-state index in [1.807, 2.05) is 78.2 Å². The van der Waals surface area contributed by atoms with Gasteiger partial charge in [-0.25, -0.2) is 4.79 Å². The van der Waals surface area contributed by atoms with Gasteiger partial charge in [-0.05, 0) is 41.8 Å². The quantitative estimate of drug-likeness (QED) is 0.0815. The number of carbonyl (C=O) groups excluding carboxylic acids is 3. The molecule has 2 atom stereocenters. The largest absolute Gasteiger partial charge is 0.448 e. The Labute approximate surface area is 295 Å². The van der Waals surface area contributed by atoms with Crippen LogP contribution in [0.25, 0.3) is 0 Å². The number of β-lactam (4-membered cyclic amide) rings is 1. The van der Waals surface area contributed by atoms with Gasteiger partial charge in [0.15, 0.2) is 6.10 Å². The highest BCUT2D eigenvalue weighted by molar-refractivity contribution is 8.00. The van der Waals surface area contributed by atoms with Crippen molar-refractivity contribution in [3.05, 3.63) is 105 Å². The van der Waals surface area contributed by atoms with Gasteiger partial charge < -0.3 is 10.1 Å². The summed E-state index contributed by atoms with van der Waals surface area (Å²) in [5.41, 5.74) is 3.23. The lowest BCUT2D eigenvalue weighted by atomic mass is 10.0. The summed E-state index contributed by atoms with van der Waals surface area (Å²) >= 11 is 3.20. The average Bonchev–Trinajstić information content (AvgIpc) is 3.63. The predicted octanol–water partition coefficient (Wildman–Crippen LogP) is 8.70. The van der Waals surface area contributed by atoms with Gasteiger partial charge in [0.25, 0.3) is 5.91 Å².